The highest BCUT2D eigenvalue weighted by Gasteiger charge is 2.27. The van der Waals surface area contributed by atoms with Gasteiger partial charge >= 0.3 is 7.12 Å². The first-order valence-electron chi connectivity index (χ1n) is 7.50. The summed E-state index contributed by atoms with van der Waals surface area (Å²) >= 11 is 0. The lowest BCUT2D eigenvalue weighted by molar-refractivity contribution is 0.0899. The monoisotopic (exact) mass is 329 g/mol. The van der Waals surface area contributed by atoms with Crippen molar-refractivity contribution in [2.75, 3.05) is 13.2 Å². The van der Waals surface area contributed by atoms with Crippen molar-refractivity contribution in [3.05, 3.63) is 41.5 Å². The standard InChI is InChI=1S/C16H16BNO6/c1-2-22-16-12(14(20)8-19)4-6-15(18-16)24-11-3-5-13-10(7-11)9-23-17(13)21/h3-7,19,21H,2,8-9H2,1H3. The molecule has 2 heterocycles. The van der Waals surface area contributed by atoms with Crippen molar-refractivity contribution in [2.24, 2.45) is 0 Å². The molecule has 0 spiro atoms. The number of aliphatic hydroxyl groups is 1. The fraction of sp³-hybridized carbons (Fsp3) is 0.250. The van der Waals surface area contributed by atoms with Crippen LogP contribution in [0.1, 0.15) is 22.8 Å². The summed E-state index contributed by atoms with van der Waals surface area (Å²) in [5.41, 5.74) is 1.77. The number of pyridine rings is 1. The number of aromatic nitrogens is 1. The van der Waals surface area contributed by atoms with Crippen LogP contribution in [0.25, 0.3) is 0 Å². The van der Waals surface area contributed by atoms with E-state index in [2.05, 4.69) is 4.98 Å². The predicted octanol–water partition coefficient (Wildman–Crippen LogP) is 0.665. The van der Waals surface area contributed by atoms with Crippen LogP contribution in [0.4, 0.5) is 0 Å². The molecule has 24 heavy (non-hydrogen) atoms. The summed E-state index contributed by atoms with van der Waals surface area (Å²) in [6.07, 6.45) is 0. The Hall–Kier alpha value is -2.42. The number of fused-ring (bicyclic) bond motifs is 1. The van der Waals surface area contributed by atoms with Gasteiger partial charge in [-0.1, -0.05) is 6.07 Å². The fourth-order valence-electron chi connectivity index (χ4n) is 2.42. The Morgan fingerprint density at radius 1 is 1.38 bits per heavy atom. The van der Waals surface area contributed by atoms with Crippen LogP contribution < -0.4 is 14.9 Å². The van der Waals surface area contributed by atoms with Gasteiger partial charge in [0, 0.05) is 6.07 Å². The molecule has 2 aromatic rings. The number of benzene rings is 1. The summed E-state index contributed by atoms with van der Waals surface area (Å²) in [7, 11) is -0.902. The molecule has 1 aliphatic heterocycles. The van der Waals surface area contributed by atoms with Gasteiger partial charge in [0.15, 0.2) is 5.78 Å². The van der Waals surface area contributed by atoms with E-state index in [1.54, 1.807) is 25.1 Å². The van der Waals surface area contributed by atoms with Crippen molar-refractivity contribution in [3.63, 3.8) is 0 Å². The second kappa shape index (κ2) is 7.00. The summed E-state index contributed by atoms with van der Waals surface area (Å²) < 4.78 is 16.2. The van der Waals surface area contributed by atoms with Gasteiger partial charge in [0.25, 0.3) is 0 Å². The van der Waals surface area contributed by atoms with E-state index in [4.69, 9.17) is 19.2 Å². The summed E-state index contributed by atoms with van der Waals surface area (Å²) in [4.78, 5) is 15.9. The maximum Gasteiger partial charge on any atom is 0.491 e. The molecule has 3 rings (SSSR count). The van der Waals surface area contributed by atoms with Gasteiger partial charge in [0.05, 0.1) is 18.8 Å². The number of rotatable bonds is 6. The maximum absolute atomic E-state index is 11.7. The van der Waals surface area contributed by atoms with Crippen LogP contribution in [-0.2, 0) is 11.3 Å². The van der Waals surface area contributed by atoms with Crippen molar-refractivity contribution in [1.82, 2.24) is 4.98 Å². The molecule has 0 atom stereocenters. The first kappa shape index (κ1) is 16.4. The van der Waals surface area contributed by atoms with Gasteiger partial charge < -0.3 is 24.3 Å². The normalized spacial score (nSPS) is 12.9. The minimum atomic E-state index is -0.902. The molecule has 8 heteroatoms. The molecule has 0 bridgehead atoms. The van der Waals surface area contributed by atoms with Crippen LogP contribution in [0.5, 0.6) is 17.5 Å². The number of carbonyl (C=O) groups is 1. The number of aliphatic hydroxyl groups excluding tert-OH is 1. The van der Waals surface area contributed by atoms with E-state index in [0.717, 1.165) is 5.56 Å². The van der Waals surface area contributed by atoms with Crippen LogP contribution in [-0.4, -0.2) is 41.2 Å². The van der Waals surface area contributed by atoms with E-state index in [9.17, 15) is 9.82 Å². The minimum Gasteiger partial charge on any atom is -0.477 e. The summed E-state index contributed by atoms with van der Waals surface area (Å²) in [6, 6.07) is 8.23. The Morgan fingerprint density at radius 3 is 2.96 bits per heavy atom. The second-order valence-electron chi connectivity index (χ2n) is 5.14. The molecule has 0 saturated heterocycles. The van der Waals surface area contributed by atoms with Crippen LogP contribution >= 0.6 is 0 Å². The average molecular weight is 329 g/mol. The quantitative estimate of drug-likeness (QED) is 0.593. The molecular weight excluding hydrogens is 313 g/mol. The molecule has 0 aliphatic carbocycles. The third-order valence-corrected chi connectivity index (χ3v) is 3.56. The fourth-order valence-corrected chi connectivity index (χ4v) is 2.42. The molecule has 124 valence electrons. The zero-order valence-corrected chi connectivity index (χ0v) is 13.1. The summed E-state index contributed by atoms with van der Waals surface area (Å²) in [5.74, 6) is 0.435. The lowest BCUT2D eigenvalue weighted by atomic mass is 9.80. The Labute approximate surface area is 139 Å². The van der Waals surface area contributed by atoms with Crippen molar-refractivity contribution in [1.29, 1.82) is 0 Å². The molecule has 7 nitrogen and oxygen atoms in total. The predicted molar refractivity (Wildman–Crippen MR) is 85.7 cm³/mol. The number of nitrogens with zero attached hydrogens (tertiary/aromatic N) is 1. The molecule has 0 fully saturated rings. The molecule has 0 radical (unpaired) electrons. The van der Waals surface area contributed by atoms with E-state index >= 15 is 0 Å². The van der Waals surface area contributed by atoms with Crippen LogP contribution in [0.3, 0.4) is 0 Å². The van der Waals surface area contributed by atoms with E-state index in [0.29, 0.717) is 24.4 Å². The molecule has 0 unspecified atom stereocenters. The van der Waals surface area contributed by atoms with Crippen molar-refractivity contribution >= 4 is 18.4 Å². The SMILES string of the molecule is CCOc1nc(Oc2ccc3c(c2)COB3O)ccc1C(=O)CO. The van der Waals surface area contributed by atoms with Crippen molar-refractivity contribution in [3.8, 4) is 17.5 Å². The number of carbonyl (C=O) groups excluding carboxylic acids is 1. The lowest BCUT2D eigenvalue weighted by Gasteiger charge is -2.11. The highest BCUT2D eigenvalue weighted by Crippen LogP contribution is 2.26. The zero-order valence-electron chi connectivity index (χ0n) is 13.1. The van der Waals surface area contributed by atoms with Gasteiger partial charge in [-0.2, -0.15) is 4.98 Å². The lowest BCUT2D eigenvalue weighted by Crippen LogP contribution is -2.27. The first-order chi connectivity index (χ1) is 11.6. The second-order valence-corrected chi connectivity index (χ2v) is 5.14. The number of Topliss-reactive ketones (excluding diaryl/α,β-unsaturated/α-hetero) is 1. The highest BCUT2D eigenvalue weighted by atomic mass is 16.5. The number of ketones is 1. The molecule has 1 aliphatic rings. The molecule has 2 N–H and O–H groups in total. The van der Waals surface area contributed by atoms with Crippen LogP contribution in [0.15, 0.2) is 30.3 Å². The van der Waals surface area contributed by atoms with E-state index < -0.39 is 19.5 Å². The Morgan fingerprint density at radius 2 is 2.21 bits per heavy atom. The van der Waals surface area contributed by atoms with Gasteiger partial charge in [-0.3, -0.25) is 4.79 Å². The largest absolute Gasteiger partial charge is 0.491 e. The molecule has 1 aromatic heterocycles. The minimum absolute atomic E-state index is 0.119. The molecular formula is C16H16BNO6. The van der Waals surface area contributed by atoms with Crippen molar-refractivity contribution < 1.29 is 29.1 Å². The molecule has 1 aromatic carbocycles. The summed E-state index contributed by atoms with van der Waals surface area (Å²) in [6.45, 7) is 1.80. The van der Waals surface area contributed by atoms with Gasteiger partial charge in [-0.15, -0.1) is 0 Å². The third kappa shape index (κ3) is 3.26. The molecule has 0 saturated carbocycles. The Bertz CT molecular complexity index is 766. The van der Waals surface area contributed by atoms with Gasteiger partial charge in [0.2, 0.25) is 11.8 Å². The average Bonchev–Trinajstić information content (AvgIpc) is 2.95. The van der Waals surface area contributed by atoms with E-state index in [1.807, 2.05) is 0 Å². The van der Waals surface area contributed by atoms with Crippen LogP contribution in [0, 0.1) is 0 Å². The van der Waals surface area contributed by atoms with Crippen LogP contribution in [0.2, 0.25) is 0 Å². The van der Waals surface area contributed by atoms with E-state index in [1.165, 1.54) is 12.1 Å². The summed E-state index contributed by atoms with van der Waals surface area (Å²) in [5, 5.41) is 18.6. The highest BCUT2D eigenvalue weighted by molar-refractivity contribution is 6.61. The Balaban J connectivity index is 1.85. The van der Waals surface area contributed by atoms with Gasteiger partial charge in [0.1, 0.15) is 12.4 Å². The Kier molecular flexibility index (Phi) is 4.80. The zero-order chi connectivity index (χ0) is 17.1. The first-order valence-corrected chi connectivity index (χ1v) is 7.50. The number of hydrogen-bond acceptors (Lipinski definition) is 7. The van der Waals surface area contributed by atoms with Gasteiger partial charge in [-0.05, 0) is 36.1 Å². The number of hydrogen-bond donors (Lipinski definition) is 2. The van der Waals surface area contributed by atoms with E-state index in [-0.39, 0.29) is 17.3 Å². The van der Waals surface area contributed by atoms with Crippen molar-refractivity contribution in [2.45, 2.75) is 13.5 Å². The smallest absolute Gasteiger partial charge is 0.477 e. The maximum atomic E-state index is 11.7. The molecule has 0 amide bonds. The van der Waals surface area contributed by atoms with Gasteiger partial charge in [-0.25, -0.2) is 0 Å². The third-order valence-electron chi connectivity index (χ3n) is 3.56. The number of ether oxygens (including phenoxy) is 2. The topological polar surface area (TPSA) is 98.1 Å².